The van der Waals surface area contributed by atoms with Crippen LogP contribution in [0, 0.1) is 0 Å². The van der Waals surface area contributed by atoms with Crippen LogP contribution in [-0.2, 0) is 0 Å². The summed E-state index contributed by atoms with van der Waals surface area (Å²) in [7, 11) is 0. The number of aliphatic hydroxyl groups excluding tert-OH is 1. The van der Waals surface area contributed by atoms with Gasteiger partial charge in [-0.1, -0.05) is 13.8 Å². The van der Waals surface area contributed by atoms with Gasteiger partial charge in [0.1, 0.15) is 0 Å². The van der Waals surface area contributed by atoms with Gasteiger partial charge in [-0.25, -0.2) is 0 Å². The van der Waals surface area contributed by atoms with E-state index in [1.807, 2.05) is 6.92 Å². The van der Waals surface area contributed by atoms with Crippen molar-refractivity contribution >= 4 is 11.8 Å². The van der Waals surface area contributed by atoms with Gasteiger partial charge in [-0.15, -0.1) is 11.8 Å². The highest BCUT2D eigenvalue weighted by molar-refractivity contribution is 7.99. The first-order valence-electron chi connectivity index (χ1n) is 3.11. The molecule has 1 unspecified atom stereocenters. The Morgan fingerprint density at radius 1 is 1.50 bits per heavy atom. The van der Waals surface area contributed by atoms with Crippen LogP contribution in [-0.4, -0.2) is 16.3 Å². The molecule has 0 saturated heterocycles. The highest BCUT2D eigenvalue weighted by Crippen LogP contribution is 2.11. The van der Waals surface area contributed by atoms with Crippen molar-refractivity contribution < 1.29 is 5.11 Å². The van der Waals surface area contributed by atoms with E-state index in [-0.39, 0.29) is 5.44 Å². The number of hydrogen-bond donors (Lipinski definition) is 1. The summed E-state index contributed by atoms with van der Waals surface area (Å²) < 4.78 is 0. The first-order valence-corrected chi connectivity index (χ1v) is 4.15. The minimum absolute atomic E-state index is 0.130. The van der Waals surface area contributed by atoms with E-state index < -0.39 is 0 Å². The topological polar surface area (TPSA) is 20.2 Å². The van der Waals surface area contributed by atoms with Crippen molar-refractivity contribution in [3.63, 3.8) is 0 Å². The molecule has 0 aromatic rings. The van der Waals surface area contributed by atoms with Crippen LogP contribution < -0.4 is 0 Å². The van der Waals surface area contributed by atoms with E-state index in [2.05, 4.69) is 6.92 Å². The van der Waals surface area contributed by atoms with Crippen LogP contribution >= 0.6 is 11.8 Å². The van der Waals surface area contributed by atoms with E-state index in [0.29, 0.717) is 0 Å². The summed E-state index contributed by atoms with van der Waals surface area (Å²) in [5.41, 5.74) is -0.130. The largest absolute Gasteiger partial charge is 0.382 e. The normalized spacial score (nSPS) is 13.9. The van der Waals surface area contributed by atoms with E-state index in [0.717, 1.165) is 18.6 Å². The summed E-state index contributed by atoms with van der Waals surface area (Å²) in [4.78, 5) is 0. The van der Waals surface area contributed by atoms with Crippen LogP contribution in [0.15, 0.2) is 0 Å². The minimum Gasteiger partial charge on any atom is -0.382 e. The zero-order valence-electron chi connectivity index (χ0n) is 5.55. The van der Waals surface area contributed by atoms with Gasteiger partial charge in [-0.05, 0) is 18.6 Å². The van der Waals surface area contributed by atoms with E-state index >= 15 is 0 Å². The maximum Gasteiger partial charge on any atom is 0.0990 e. The van der Waals surface area contributed by atoms with Crippen LogP contribution in [0.1, 0.15) is 26.7 Å². The number of hydrogen-bond acceptors (Lipinski definition) is 2. The van der Waals surface area contributed by atoms with Gasteiger partial charge >= 0.3 is 0 Å². The van der Waals surface area contributed by atoms with Gasteiger partial charge in [0, 0.05) is 0 Å². The van der Waals surface area contributed by atoms with Gasteiger partial charge in [0.25, 0.3) is 0 Å². The Kier molecular flexibility index (Phi) is 5.66. The van der Waals surface area contributed by atoms with Gasteiger partial charge in [0.05, 0.1) is 5.44 Å². The van der Waals surface area contributed by atoms with Gasteiger partial charge in [0.2, 0.25) is 0 Å². The average molecular weight is 134 g/mol. The molecule has 0 bridgehead atoms. The fraction of sp³-hybridized carbons (Fsp3) is 1.00. The van der Waals surface area contributed by atoms with Crippen molar-refractivity contribution in [2.24, 2.45) is 0 Å². The summed E-state index contributed by atoms with van der Waals surface area (Å²) in [5.74, 6) is 1.08. The molecule has 0 aromatic heterocycles. The molecule has 0 aliphatic carbocycles. The summed E-state index contributed by atoms with van der Waals surface area (Å²) in [5, 5.41) is 8.95. The first kappa shape index (κ1) is 8.31. The molecule has 1 N–H and O–H groups in total. The Morgan fingerprint density at radius 3 is 2.50 bits per heavy atom. The lowest BCUT2D eigenvalue weighted by atomic mass is 10.5. The maximum absolute atomic E-state index is 8.95. The zero-order chi connectivity index (χ0) is 6.41. The van der Waals surface area contributed by atoms with Gasteiger partial charge in [0.15, 0.2) is 0 Å². The van der Waals surface area contributed by atoms with Crippen molar-refractivity contribution in [1.82, 2.24) is 0 Å². The second-order valence-electron chi connectivity index (χ2n) is 1.73. The second-order valence-corrected chi connectivity index (χ2v) is 3.02. The van der Waals surface area contributed by atoms with E-state index in [1.54, 1.807) is 11.8 Å². The summed E-state index contributed by atoms with van der Waals surface area (Å²) in [6, 6.07) is 0. The molecule has 0 radical (unpaired) electrons. The molecule has 0 fully saturated rings. The molecule has 50 valence electrons. The third kappa shape index (κ3) is 4.47. The molecule has 0 saturated carbocycles. The Labute approximate surface area is 55.5 Å². The second kappa shape index (κ2) is 5.45. The fourth-order valence-electron chi connectivity index (χ4n) is 0.372. The van der Waals surface area contributed by atoms with Gasteiger partial charge in [-0.3, -0.25) is 0 Å². The molecule has 1 nitrogen and oxygen atoms in total. The number of thioether (sulfide) groups is 1. The van der Waals surface area contributed by atoms with Crippen molar-refractivity contribution in [2.75, 3.05) is 5.75 Å². The fourth-order valence-corrected chi connectivity index (χ4v) is 1.12. The molecule has 8 heavy (non-hydrogen) atoms. The predicted octanol–water partition coefficient (Wildman–Crippen LogP) is 1.86. The number of aliphatic hydroxyl groups is 1. The van der Waals surface area contributed by atoms with Gasteiger partial charge in [-0.2, -0.15) is 0 Å². The smallest absolute Gasteiger partial charge is 0.0990 e. The first-order chi connectivity index (χ1) is 3.81. The van der Waals surface area contributed by atoms with Crippen LogP contribution in [0.5, 0.6) is 0 Å². The molecule has 0 heterocycles. The zero-order valence-corrected chi connectivity index (χ0v) is 6.37. The third-order valence-electron chi connectivity index (χ3n) is 0.864. The lowest BCUT2D eigenvalue weighted by molar-refractivity contribution is 0.259. The molecule has 0 spiro atoms. The average Bonchev–Trinajstić information content (AvgIpc) is 1.83. The maximum atomic E-state index is 8.95. The Bertz CT molecular complexity index is 47.8. The predicted molar refractivity (Wildman–Crippen MR) is 39.0 cm³/mol. The summed E-state index contributed by atoms with van der Waals surface area (Å²) in [6.07, 6.45) is 2.02. The van der Waals surface area contributed by atoms with Crippen LogP contribution in [0.4, 0.5) is 0 Å². The van der Waals surface area contributed by atoms with Gasteiger partial charge < -0.3 is 5.11 Å². The quantitative estimate of drug-likeness (QED) is 0.592. The highest BCUT2D eigenvalue weighted by atomic mass is 32.2. The minimum atomic E-state index is -0.130. The summed E-state index contributed by atoms with van der Waals surface area (Å²) >= 11 is 1.63. The Morgan fingerprint density at radius 2 is 2.12 bits per heavy atom. The van der Waals surface area contributed by atoms with Crippen molar-refractivity contribution in [3.05, 3.63) is 0 Å². The summed E-state index contributed by atoms with van der Waals surface area (Å²) in [6.45, 7) is 4.11. The van der Waals surface area contributed by atoms with Crippen molar-refractivity contribution in [2.45, 2.75) is 32.1 Å². The lowest BCUT2D eigenvalue weighted by Gasteiger charge is -2.03. The van der Waals surface area contributed by atoms with Crippen molar-refractivity contribution in [3.8, 4) is 0 Å². The molecule has 0 aliphatic heterocycles. The molecule has 0 aromatic carbocycles. The SMILES string of the molecule is CCCSC(O)CC. The van der Waals surface area contributed by atoms with Crippen LogP contribution in [0.3, 0.4) is 0 Å². The molecule has 0 amide bonds. The molecule has 0 aliphatic rings. The Balaban J connectivity index is 2.86. The molecular weight excluding hydrogens is 120 g/mol. The van der Waals surface area contributed by atoms with E-state index in [4.69, 9.17) is 5.11 Å². The lowest BCUT2D eigenvalue weighted by Crippen LogP contribution is -1.97. The van der Waals surface area contributed by atoms with E-state index in [9.17, 15) is 0 Å². The van der Waals surface area contributed by atoms with Crippen LogP contribution in [0.25, 0.3) is 0 Å². The molecule has 0 rings (SSSR count). The standard InChI is InChI=1S/C6H14OS/c1-3-5-8-6(7)4-2/h6-7H,3-5H2,1-2H3. The molecular formula is C6H14OS. The van der Waals surface area contributed by atoms with E-state index in [1.165, 1.54) is 0 Å². The van der Waals surface area contributed by atoms with Crippen LogP contribution in [0.2, 0.25) is 0 Å². The van der Waals surface area contributed by atoms with Crippen molar-refractivity contribution in [1.29, 1.82) is 0 Å². The monoisotopic (exact) mass is 134 g/mol. The molecule has 2 heteroatoms. The highest BCUT2D eigenvalue weighted by Gasteiger charge is 1.96. The third-order valence-corrected chi connectivity index (χ3v) is 2.23. The Hall–Kier alpha value is 0.310. The number of rotatable bonds is 4. The molecule has 1 atom stereocenters.